The van der Waals surface area contributed by atoms with Gasteiger partial charge in [0, 0.05) is 31.4 Å². The zero-order chi connectivity index (χ0) is 19.1. The predicted octanol–water partition coefficient (Wildman–Crippen LogP) is 4.24. The summed E-state index contributed by atoms with van der Waals surface area (Å²) in [6.45, 7) is 2.92. The fourth-order valence-electron chi connectivity index (χ4n) is 2.17. The van der Waals surface area contributed by atoms with Crippen molar-refractivity contribution in [2.45, 2.75) is 6.92 Å². The van der Waals surface area contributed by atoms with Crippen LogP contribution in [0.3, 0.4) is 0 Å². The second kappa shape index (κ2) is 8.91. The molecule has 9 heteroatoms. The largest absolute Gasteiger partial charge is 0.363 e. The van der Waals surface area contributed by atoms with Gasteiger partial charge in [0.05, 0.1) is 22.2 Å². The average Bonchev–Trinajstić information content (AvgIpc) is 2.65. The van der Waals surface area contributed by atoms with Crippen molar-refractivity contribution in [2.75, 3.05) is 25.0 Å². The molecule has 0 aromatic heterocycles. The van der Waals surface area contributed by atoms with E-state index in [1.165, 1.54) is 18.2 Å². The number of nitrogens with one attached hydrogen (secondary N) is 1. The number of carbonyl (C=O) groups is 1. The van der Waals surface area contributed by atoms with Gasteiger partial charge in [0.1, 0.15) is 5.69 Å². The summed E-state index contributed by atoms with van der Waals surface area (Å²) < 4.78 is 0. The van der Waals surface area contributed by atoms with E-state index in [1.54, 1.807) is 19.2 Å². The van der Waals surface area contributed by atoms with E-state index >= 15 is 0 Å². The van der Waals surface area contributed by atoms with E-state index in [0.717, 1.165) is 5.69 Å². The minimum atomic E-state index is -0.524. The summed E-state index contributed by atoms with van der Waals surface area (Å²) in [4.78, 5) is 23.6. The van der Waals surface area contributed by atoms with Gasteiger partial charge in [-0.1, -0.05) is 11.6 Å². The van der Waals surface area contributed by atoms with Gasteiger partial charge in [0.2, 0.25) is 5.91 Å². The van der Waals surface area contributed by atoms with Crippen LogP contribution in [0, 0.1) is 10.1 Å². The number of halogens is 1. The first-order chi connectivity index (χ1) is 12.4. The number of benzene rings is 2. The Hall–Kier alpha value is -3.00. The van der Waals surface area contributed by atoms with Crippen molar-refractivity contribution < 1.29 is 9.72 Å². The molecular formula is C17H18ClN5O3. The Kier molecular flexibility index (Phi) is 6.62. The Morgan fingerprint density at radius 1 is 1.23 bits per heavy atom. The van der Waals surface area contributed by atoms with Crippen molar-refractivity contribution in [1.82, 2.24) is 5.32 Å². The lowest BCUT2D eigenvalue weighted by molar-refractivity contribution is -0.384. The summed E-state index contributed by atoms with van der Waals surface area (Å²) in [6.07, 6.45) is 0. The number of azo groups is 1. The van der Waals surface area contributed by atoms with Crippen molar-refractivity contribution >= 4 is 40.3 Å². The highest BCUT2D eigenvalue weighted by Gasteiger charge is 2.10. The first-order valence-electron chi connectivity index (χ1n) is 7.86. The van der Waals surface area contributed by atoms with Crippen molar-refractivity contribution in [2.24, 2.45) is 10.2 Å². The molecule has 0 aliphatic carbocycles. The predicted molar refractivity (Wildman–Crippen MR) is 101 cm³/mol. The maximum absolute atomic E-state index is 11.5. The molecule has 0 aliphatic rings. The van der Waals surface area contributed by atoms with Crippen LogP contribution in [0.4, 0.5) is 22.7 Å². The molecule has 0 radical (unpaired) electrons. The first-order valence-corrected chi connectivity index (χ1v) is 8.23. The molecule has 0 saturated heterocycles. The van der Waals surface area contributed by atoms with Gasteiger partial charge in [-0.15, -0.1) is 5.11 Å². The van der Waals surface area contributed by atoms with Crippen LogP contribution < -0.4 is 10.2 Å². The number of nitro groups is 1. The second-order valence-electron chi connectivity index (χ2n) is 5.30. The third-order valence-electron chi connectivity index (χ3n) is 3.63. The van der Waals surface area contributed by atoms with E-state index < -0.39 is 4.92 Å². The number of hydrogen-bond acceptors (Lipinski definition) is 6. The third kappa shape index (κ3) is 5.00. The molecule has 2 aromatic rings. The highest BCUT2D eigenvalue weighted by molar-refractivity contribution is 6.33. The lowest BCUT2D eigenvalue weighted by Crippen LogP contribution is -2.35. The molecule has 2 rings (SSSR count). The number of rotatable bonds is 7. The first kappa shape index (κ1) is 19.3. The van der Waals surface area contributed by atoms with E-state index in [4.69, 9.17) is 11.6 Å². The Balaban J connectivity index is 2.12. The van der Waals surface area contributed by atoms with Gasteiger partial charge in [-0.2, -0.15) is 5.11 Å². The fourth-order valence-corrected chi connectivity index (χ4v) is 2.38. The molecule has 0 spiro atoms. The lowest BCUT2D eigenvalue weighted by atomic mass is 10.2. The zero-order valence-electron chi connectivity index (χ0n) is 14.3. The van der Waals surface area contributed by atoms with Crippen molar-refractivity contribution in [3.05, 3.63) is 57.6 Å². The molecule has 0 fully saturated rings. The van der Waals surface area contributed by atoms with Crippen LogP contribution in [0.5, 0.6) is 0 Å². The SMILES string of the molecule is CCN(CC(=O)NC)c1ccc(/N=N/c2ccc([N+](=O)[O-])cc2Cl)cc1. The third-order valence-corrected chi connectivity index (χ3v) is 3.93. The lowest BCUT2D eigenvalue weighted by Gasteiger charge is -2.22. The maximum Gasteiger partial charge on any atom is 0.271 e. The Morgan fingerprint density at radius 3 is 2.46 bits per heavy atom. The zero-order valence-corrected chi connectivity index (χ0v) is 15.1. The summed E-state index contributed by atoms with van der Waals surface area (Å²) in [5, 5.41) is 21.6. The molecule has 26 heavy (non-hydrogen) atoms. The van der Waals surface area contributed by atoms with Gasteiger partial charge in [0.15, 0.2) is 0 Å². The van der Waals surface area contributed by atoms with Gasteiger partial charge in [0.25, 0.3) is 5.69 Å². The van der Waals surface area contributed by atoms with Crippen LogP contribution in [0.25, 0.3) is 0 Å². The van der Waals surface area contributed by atoms with E-state index in [-0.39, 0.29) is 23.2 Å². The minimum absolute atomic E-state index is 0.0663. The normalized spacial score (nSPS) is 10.7. The Morgan fingerprint density at radius 2 is 1.92 bits per heavy atom. The van der Waals surface area contributed by atoms with E-state index in [2.05, 4.69) is 15.5 Å². The number of non-ortho nitro benzene ring substituents is 1. The topological polar surface area (TPSA) is 100 Å². The average molecular weight is 376 g/mol. The second-order valence-corrected chi connectivity index (χ2v) is 5.70. The number of hydrogen-bond donors (Lipinski definition) is 1. The number of nitro benzene ring substituents is 1. The monoisotopic (exact) mass is 375 g/mol. The maximum atomic E-state index is 11.5. The number of likely N-dealkylation sites (N-methyl/N-ethyl adjacent to an activating group) is 2. The van der Waals surface area contributed by atoms with Gasteiger partial charge in [-0.3, -0.25) is 14.9 Å². The number of amides is 1. The number of carbonyl (C=O) groups excluding carboxylic acids is 1. The van der Waals surface area contributed by atoms with Crippen LogP contribution in [0.1, 0.15) is 6.92 Å². The highest BCUT2D eigenvalue weighted by atomic mass is 35.5. The molecule has 136 valence electrons. The van der Waals surface area contributed by atoms with Crippen molar-refractivity contribution in [1.29, 1.82) is 0 Å². The van der Waals surface area contributed by atoms with Gasteiger partial charge >= 0.3 is 0 Å². The van der Waals surface area contributed by atoms with E-state index in [9.17, 15) is 14.9 Å². The van der Waals surface area contributed by atoms with Crippen LogP contribution >= 0.6 is 11.6 Å². The van der Waals surface area contributed by atoms with Gasteiger partial charge < -0.3 is 10.2 Å². The molecule has 0 atom stereocenters. The summed E-state index contributed by atoms with van der Waals surface area (Å²) in [5.41, 5.74) is 1.73. The molecule has 1 amide bonds. The Bertz CT molecular complexity index is 824. The van der Waals surface area contributed by atoms with E-state index in [1.807, 2.05) is 24.0 Å². The molecule has 0 heterocycles. The molecular weight excluding hydrogens is 358 g/mol. The molecule has 0 bridgehead atoms. The number of nitrogens with zero attached hydrogens (tertiary/aromatic N) is 4. The standard InChI is InChI=1S/C17H18ClN5O3/c1-3-22(11-17(24)19-2)13-6-4-12(5-7-13)20-21-16-9-8-14(23(25)26)10-15(16)18/h4-10H,3,11H2,1-2H3,(H,19,24)/b21-20+. The summed E-state index contributed by atoms with van der Waals surface area (Å²) in [5.74, 6) is -0.0663. The molecule has 0 unspecified atom stereocenters. The quantitative estimate of drug-likeness (QED) is 0.444. The summed E-state index contributed by atoms with van der Waals surface area (Å²) in [7, 11) is 1.60. The van der Waals surface area contributed by atoms with Crippen LogP contribution in [0.15, 0.2) is 52.7 Å². The van der Waals surface area contributed by atoms with E-state index in [0.29, 0.717) is 17.9 Å². The van der Waals surface area contributed by atoms with Crippen LogP contribution in [-0.2, 0) is 4.79 Å². The molecule has 1 N–H and O–H groups in total. The summed E-state index contributed by atoms with van der Waals surface area (Å²) >= 11 is 5.98. The van der Waals surface area contributed by atoms with Crippen LogP contribution in [-0.4, -0.2) is 31.0 Å². The smallest absolute Gasteiger partial charge is 0.271 e. The number of anilines is 1. The van der Waals surface area contributed by atoms with Crippen LogP contribution in [0.2, 0.25) is 5.02 Å². The molecule has 8 nitrogen and oxygen atoms in total. The molecule has 0 saturated carbocycles. The minimum Gasteiger partial charge on any atom is -0.363 e. The van der Waals surface area contributed by atoms with Gasteiger partial charge in [-0.05, 0) is 37.3 Å². The highest BCUT2D eigenvalue weighted by Crippen LogP contribution is 2.30. The van der Waals surface area contributed by atoms with Crippen molar-refractivity contribution in [3.63, 3.8) is 0 Å². The molecule has 2 aromatic carbocycles. The Labute approximate surface area is 155 Å². The fraction of sp³-hybridized carbons (Fsp3) is 0.235. The van der Waals surface area contributed by atoms with Crippen molar-refractivity contribution in [3.8, 4) is 0 Å². The molecule has 0 aliphatic heterocycles. The van der Waals surface area contributed by atoms with Gasteiger partial charge in [-0.25, -0.2) is 0 Å². The summed E-state index contributed by atoms with van der Waals surface area (Å²) in [6, 6.07) is 11.2.